The van der Waals surface area contributed by atoms with E-state index in [0.717, 1.165) is 25.6 Å². The zero-order valence-corrected chi connectivity index (χ0v) is 29.0. The number of allylic oxidation sites excluding steroid dienone is 1. The second-order valence-corrected chi connectivity index (χ2v) is 13.3. The molecule has 0 bridgehead atoms. The molecule has 2 heterocycles. The number of carbonyl (C=O) groups is 1. The fraction of sp³-hybridized carbons (Fsp3) is 0.139. The van der Waals surface area contributed by atoms with Crippen LogP contribution in [0.5, 0.6) is 11.5 Å². The molecule has 0 fully saturated rings. The third-order valence-corrected chi connectivity index (χ3v) is 9.38. The Balaban J connectivity index is 1.46. The van der Waals surface area contributed by atoms with E-state index in [2.05, 4.69) is 37.2 Å². The predicted octanol–water partition coefficient (Wildman–Crippen LogP) is 7.38. The Morgan fingerprint density at radius 2 is 1.67 bits per heavy atom. The summed E-state index contributed by atoms with van der Waals surface area (Å²) in [7, 11) is 0. The largest absolute Gasteiger partial charge is 0.494 e. The van der Waals surface area contributed by atoms with Gasteiger partial charge in [0, 0.05) is 15.7 Å². The van der Waals surface area contributed by atoms with Crippen molar-refractivity contribution in [3.8, 4) is 11.5 Å². The number of thiazole rings is 1. The number of nitrogens with one attached hydrogen (secondary N) is 1. The van der Waals surface area contributed by atoms with Gasteiger partial charge in [0.15, 0.2) is 4.80 Å². The number of halogens is 2. The van der Waals surface area contributed by atoms with Gasteiger partial charge in [0.1, 0.15) is 18.1 Å². The molecule has 0 saturated heterocycles. The number of benzene rings is 4. The number of nitrogens with zero attached hydrogens (tertiary/aromatic N) is 2. The molecule has 46 heavy (non-hydrogen) atoms. The smallest absolute Gasteiger partial charge is 0.271 e. The van der Waals surface area contributed by atoms with Crippen molar-refractivity contribution in [1.82, 2.24) is 4.57 Å². The maximum absolute atomic E-state index is 14.3. The monoisotopic (exact) mass is 757 g/mol. The Hall–Kier alpha value is -4.25. The first-order valence-electron chi connectivity index (χ1n) is 14.6. The minimum Gasteiger partial charge on any atom is -0.494 e. The summed E-state index contributed by atoms with van der Waals surface area (Å²) in [6.45, 7) is 4.62. The van der Waals surface area contributed by atoms with Crippen molar-refractivity contribution in [2.24, 2.45) is 4.99 Å². The molecule has 1 amide bonds. The highest BCUT2D eigenvalue weighted by molar-refractivity contribution is 9.11. The Kier molecular flexibility index (Phi) is 9.67. The molecule has 0 saturated carbocycles. The van der Waals surface area contributed by atoms with Crippen LogP contribution in [0.1, 0.15) is 36.6 Å². The average Bonchev–Trinajstić information content (AvgIpc) is 3.35. The van der Waals surface area contributed by atoms with Crippen molar-refractivity contribution >= 4 is 60.9 Å². The molecule has 7 nitrogen and oxygen atoms in total. The first kappa shape index (κ1) is 31.7. The first-order valence-corrected chi connectivity index (χ1v) is 17.0. The third-order valence-electron chi connectivity index (χ3n) is 7.35. The van der Waals surface area contributed by atoms with Crippen molar-refractivity contribution in [1.29, 1.82) is 0 Å². The summed E-state index contributed by atoms with van der Waals surface area (Å²) in [6, 6.07) is 29.7. The number of ether oxygens (including phenoxy) is 2. The van der Waals surface area contributed by atoms with Gasteiger partial charge < -0.3 is 14.8 Å². The van der Waals surface area contributed by atoms with Crippen LogP contribution in [0.25, 0.3) is 6.08 Å². The summed E-state index contributed by atoms with van der Waals surface area (Å²) < 4.78 is 15.6. The summed E-state index contributed by atoms with van der Waals surface area (Å²) in [4.78, 5) is 33.4. The van der Waals surface area contributed by atoms with Crippen molar-refractivity contribution in [3.63, 3.8) is 0 Å². The van der Waals surface area contributed by atoms with E-state index in [0.29, 0.717) is 51.0 Å². The molecule has 1 aliphatic rings. The normalized spacial score (nSPS) is 14.4. The van der Waals surface area contributed by atoms with E-state index in [1.54, 1.807) is 11.5 Å². The quantitative estimate of drug-likeness (QED) is 0.170. The Morgan fingerprint density at radius 3 is 2.37 bits per heavy atom. The number of para-hydroxylation sites is 1. The molecule has 0 spiro atoms. The van der Waals surface area contributed by atoms with E-state index in [9.17, 15) is 9.59 Å². The van der Waals surface area contributed by atoms with Gasteiger partial charge in [-0.05, 0) is 83.4 Å². The van der Waals surface area contributed by atoms with E-state index in [4.69, 9.17) is 14.5 Å². The van der Waals surface area contributed by atoms with Gasteiger partial charge in [0.05, 0.1) is 32.9 Å². The number of rotatable bonds is 9. The highest BCUT2D eigenvalue weighted by atomic mass is 79.9. The fourth-order valence-corrected chi connectivity index (χ4v) is 7.68. The highest BCUT2D eigenvalue weighted by Crippen LogP contribution is 2.35. The fourth-order valence-electron chi connectivity index (χ4n) is 5.27. The first-order chi connectivity index (χ1) is 22.3. The molecule has 0 unspecified atom stereocenters. The van der Waals surface area contributed by atoms with Crippen molar-refractivity contribution in [2.75, 3.05) is 11.9 Å². The number of carbonyl (C=O) groups excluding carboxylic acids is 1. The van der Waals surface area contributed by atoms with Crippen LogP contribution < -0.4 is 29.7 Å². The van der Waals surface area contributed by atoms with E-state index >= 15 is 0 Å². The number of aromatic nitrogens is 1. The molecular weight excluding hydrogens is 730 g/mol. The van der Waals surface area contributed by atoms with Crippen LogP contribution in [-0.4, -0.2) is 17.1 Å². The van der Waals surface area contributed by atoms with Crippen molar-refractivity contribution in [2.45, 2.75) is 26.5 Å². The number of amides is 1. The van der Waals surface area contributed by atoms with E-state index in [-0.39, 0.29) is 11.5 Å². The maximum Gasteiger partial charge on any atom is 0.271 e. The SMILES string of the molecule is CCOc1ccc([C@@H]2C(C(=O)Nc3ccccc3)=C(C)N=c3s/c(=C\c4cc(Br)cc(Br)c4OCc4ccccc4)c(=O)n32)cc1. The van der Waals surface area contributed by atoms with Gasteiger partial charge in [0.2, 0.25) is 0 Å². The molecule has 6 rings (SSSR count). The summed E-state index contributed by atoms with van der Waals surface area (Å²) >= 11 is 8.50. The Bertz CT molecular complexity index is 2110. The van der Waals surface area contributed by atoms with Gasteiger partial charge in [-0.3, -0.25) is 14.2 Å². The topological polar surface area (TPSA) is 81.9 Å². The Labute approximate surface area is 286 Å². The number of anilines is 1. The maximum atomic E-state index is 14.3. The second-order valence-electron chi connectivity index (χ2n) is 10.5. The third kappa shape index (κ3) is 6.79. The van der Waals surface area contributed by atoms with Gasteiger partial charge in [-0.1, -0.05) is 87.9 Å². The van der Waals surface area contributed by atoms with Crippen LogP contribution >= 0.6 is 43.2 Å². The molecule has 1 N–H and O–H groups in total. The zero-order chi connectivity index (χ0) is 32.2. The summed E-state index contributed by atoms with van der Waals surface area (Å²) in [5, 5.41) is 2.99. The Morgan fingerprint density at radius 1 is 0.978 bits per heavy atom. The minimum atomic E-state index is -0.708. The van der Waals surface area contributed by atoms with Gasteiger partial charge >= 0.3 is 0 Å². The summed E-state index contributed by atoms with van der Waals surface area (Å²) in [6.07, 6.45) is 1.82. The van der Waals surface area contributed by atoms with Crippen LogP contribution in [0.15, 0.2) is 127 Å². The van der Waals surface area contributed by atoms with Crippen LogP contribution in [0.4, 0.5) is 5.69 Å². The lowest BCUT2D eigenvalue weighted by molar-refractivity contribution is -0.113. The van der Waals surface area contributed by atoms with E-state index in [1.165, 1.54) is 11.3 Å². The van der Waals surface area contributed by atoms with Crippen molar-refractivity contribution in [3.05, 3.63) is 154 Å². The minimum absolute atomic E-state index is 0.259. The molecule has 5 aromatic rings. The molecular formula is C36H29Br2N3O4S. The molecule has 1 aromatic heterocycles. The van der Waals surface area contributed by atoms with Gasteiger partial charge in [-0.25, -0.2) is 4.99 Å². The number of hydrogen-bond acceptors (Lipinski definition) is 6. The number of hydrogen-bond donors (Lipinski definition) is 1. The van der Waals surface area contributed by atoms with Crippen LogP contribution in [0.3, 0.4) is 0 Å². The molecule has 10 heteroatoms. The molecule has 1 aliphatic heterocycles. The van der Waals surface area contributed by atoms with Crippen molar-refractivity contribution < 1.29 is 14.3 Å². The van der Waals surface area contributed by atoms with Gasteiger partial charge in [-0.2, -0.15) is 0 Å². The molecule has 232 valence electrons. The van der Waals surface area contributed by atoms with E-state index < -0.39 is 6.04 Å². The summed E-state index contributed by atoms with van der Waals surface area (Å²) in [5.74, 6) is 0.992. The molecule has 4 aromatic carbocycles. The predicted molar refractivity (Wildman–Crippen MR) is 189 cm³/mol. The van der Waals surface area contributed by atoms with E-state index in [1.807, 2.05) is 110 Å². The lowest BCUT2D eigenvalue weighted by atomic mass is 9.95. The number of fused-ring (bicyclic) bond motifs is 1. The van der Waals surface area contributed by atoms with Crippen LogP contribution in [-0.2, 0) is 11.4 Å². The van der Waals surface area contributed by atoms with Crippen LogP contribution in [0.2, 0.25) is 0 Å². The lowest BCUT2D eigenvalue weighted by Gasteiger charge is -2.25. The van der Waals surface area contributed by atoms with Gasteiger partial charge in [0.25, 0.3) is 11.5 Å². The second kappa shape index (κ2) is 14.0. The average molecular weight is 760 g/mol. The van der Waals surface area contributed by atoms with Crippen LogP contribution in [0, 0.1) is 0 Å². The molecule has 0 aliphatic carbocycles. The molecule has 1 atom stereocenters. The molecule has 0 radical (unpaired) electrons. The zero-order valence-electron chi connectivity index (χ0n) is 25.0. The summed E-state index contributed by atoms with van der Waals surface area (Å²) in [5.41, 5.74) is 3.83. The van der Waals surface area contributed by atoms with Gasteiger partial charge in [-0.15, -0.1) is 0 Å². The lowest BCUT2D eigenvalue weighted by Crippen LogP contribution is -2.40. The highest BCUT2D eigenvalue weighted by Gasteiger charge is 2.32. The standard InChI is InChI=1S/C36H29Br2N3O4S/c1-3-44-28-16-14-24(15-17-28)32-31(34(42)40-27-12-8-5-9-13-27)22(2)39-36-41(32)35(43)30(46-36)19-25-18-26(37)20-29(38)33(25)45-21-23-10-6-4-7-11-23/h4-20,32H,3,21H2,1-2H3,(H,40,42)/b30-19-/t32-/m1/s1.